The number of ether oxygens (including phenoxy) is 1. The molecule has 1 N–H and O–H groups in total. The van der Waals surface area contributed by atoms with Crippen LogP contribution in [-0.2, 0) is 14.3 Å². The molecule has 0 radical (unpaired) electrons. The summed E-state index contributed by atoms with van der Waals surface area (Å²) in [5.41, 5.74) is 1.28. The van der Waals surface area contributed by atoms with Crippen molar-refractivity contribution in [2.45, 2.75) is 6.92 Å². The second-order valence-corrected chi connectivity index (χ2v) is 5.55. The molecule has 8 heteroatoms. The molecule has 0 aliphatic carbocycles. The first-order valence-corrected chi connectivity index (χ1v) is 7.82. The Morgan fingerprint density at radius 2 is 2.17 bits per heavy atom. The van der Waals surface area contributed by atoms with Gasteiger partial charge in [-0.25, -0.2) is 4.79 Å². The number of aryl methyl sites for hydroxylation is 1. The van der Waals surface area contributed by atoms with Crippen molar-refractivity contribution in [3.8, 4) is 0 Å². The second-order valence-electron chi connectivity index (χ2n) is 4.77. The van der Waals surface area contributed by atoms with Gasteiger partial charge in [0.25, 0.3) is 11.6 Å². The minimum Gasteiger partial charge on any atom is -0.452 e. The van der Waals surface area contributed by atoms with Gasteiger partial charge in [0.1, 0.15) is 5.69 Å². The Morgan fingerprint density at radius 1 is 1.38 bits per heavy atom. The minimum atomic E-state index is -0.671. The van der Waals surface area contributed by atoms with Crippen molar-refractivity contribution in [3.05, 3.63) is 62.3 Å². The van der Waals surface area contributed by atoms with Crippen LogP contribution in [0.2, 0.25) is 0 Å². The van der Waals surface area contributed by atoms with Crippen molar-refractivity contribution in [3.63, 3.8) is 0 Å². The fourth-order valence-corrected chi connectivity index (χ4v) is 2.49. The summed E-state index contributed by atoms with van der Waals surface area (Å²) >= 11 is 1.49. The van der Waals surface area contributed by atoms with E-state index in [0.29, 0.717) is 5.56 Å². The summed E-state index contributed by atoms with van der Waals surface area (Å²) < 4.78 is 4.81. The average molecular weight is 346 g/mol. The predicted octanol–water partition coefficient (Wildman–Crippen LogP) is 3.16. The summed E-state index contributed by atoms with van der Waals surface area (Å²) in [6.07, 6.45) is 2.79. The lowest BCUT2D eigenvalue weighted by Gasteiger charge is -2.08. The van der Waals surface area contributed by atoms with E-state index in [1.165, 1.54) is 29.5 Å². The summed E-state index contributed by atoms with van der Waals surface area (Å²) in [6, 6.07) is 6.28. The van der Waals surface area contributed by atoms with E-state index in [-0.39, 0.29) is 11.4 Å². The average Bonchev–Trinajstić information content (AvgIpc) is 3.06. The van der Waals surface area contributed by atoms with E-state index in [1.54, 1.807) is 19.1 Å². The molecule has 0 bridgehead atoms. The van der Waals surface area contributed by atoms with Crippen LogP contribution < -0.4 is 5.32 Å². The van der Waals surface area contributed by atoms with Gasteiger partial charge in [-0.15, -0.1) is 0 Å². The number of hydrogen-bond acceptors (Lipinski definition) is 6. The molecule has 7 nitrogen and oxygen atoms in total. The van der Waals surface area contributed by atoms with Crippen molar-refractivity contribution in [2.75, 3.05) is 11.9 Å². The van der Waals surface area contributed by atoms with Crippen LogP contribution in [0.1, 0.15) is 11.1 Å². The van der Waals surface area contributed by atoms with Gasteiger partial charge >= 0.3 is 5.97 Å². The van der Waals surface area contributed by atoms with Crippen LogP contribution in [0.25, 0.3) is 6.08 Å². The quantitative estimate of drug-likeness (QED) is 0.375. The molecule has 0 aliphatic rings. The van der Waals surface area contributed by atoms with Crippen molar-refractivity contribution in [1.29, 1.82) is 0 Å². The summed E-state index contributed by atoms with van der Waals surface area (Å²) in [4.78, 5) is 33.8. The van der Waals surface area contributed by atoms with E-state index in [9.17, 15) is 19.7 Å². The van der Waals surface area contributed by atoms with Crippen LogP contribution >= 0.6 is 11.3 Å². The molecule has 0 fully saturated rings. The molecular formula is C16H14N2O5S. The molecule has 0 spiro atoms. The predicted molar refractivity (Wildman–Crippen MR) is 90.8 cm³/mol. The first-order valence-electron chi connectivity index (χ1n) is 6.88. The maximum Gasteiger partial charge on any atom is 0.331 e. The lowest BCUT2D eigenvalue weighted by Crippen LogP contribution is -2.21. The van der Waals surface area contributed by atoms with Gasteiger partial charge in [0.2, 0.25) is 0 Å². The fraction of sp³-hybridized carbons (Fsp3) is 0.125. The Labute approximate surface area is 141 Å². The Kier molecular flexibility index (Phi) is 5.80. The smallest absolute Gasteiger partial charge is 0.331 e. The monoisotopic (exact) mass is 346 g/mol. The summed E-state index contributed by atoms with van der Waals surface area (Å²) in [6.45, 7) is 1.11. The standard InChI is InChI=1S/C16H14N2O5S/c1-11-3-2-4-13(18(21)22)16(11)17-14(19)9-23-15(20)6-5-12-7-8-24-10-12/h2-8,10H,9H2,1H3,(H,17,19)/b6-5+. The Morgan fingerprint density at radius 3 is 2.83 bits per heavy atom. The molecule has 0 saturated heterocycles. The third-order valence-electron chi connectivity index (χ3n) is 3.01. The van der Waals surface area contributed by atoms with Crippen molar-refractivity contribution in [1.82, 2.24) is 0 Å². The van der Waals surface area contributed by atoms with Crippen molar-refractivity contribution >= 4 is 40.7 Å². The Bertz CT molecular complexity index is 784. The number of para-hydroxylation sites is 1. The van der Waals surface area contributed by atoms with Gasteiger partial charge < -0.3 is 10.1 Å². The molecule has 24 heavy (non-hydrogen) atoms. The van der Waals surface area contributed by atoms with E-state index in [1.807, 2.05) is 16.8 Å². The molecule has 0 aliphatic heterocycles. The number of benzene rings is 1. The van der Waals surface area contributed by atoms with E-state index in [0.717, 1.165) is 5.56 Å². The number of nitro groups is 1. The van der Waals surface area contributed by atoms with Gasteiger partial charge in [-0.3, -0.25) is 14.9 Å². The number of hydrogen-bond donors (Lipinski definition) is 1. The fourth-order valence-electron chi connectivity index (χ4n) is 1.86. The van der Waals surface area contributed by atoms with Gasteiger partial charge in [0, 0.05) is 12.1 Å². The van der Waals surface area contributed by atoms with Gasteiger partial charge in [-0.1, -0.05) is 12.1 Å². The number of nitro benzene ring substituents is 1. The number of nitrogens with one attached hydrogen (secondary N) is 1. The molecule has 2 rings (SSSR count). The number of thiophene rings is 1. The van der Waals surface area contributed by atoms with Crippen LogP contribution in [0.5, 0.6) is 0 Å². The molecule has 1 aromatic carbocycles. The van der Waals surface area contributed by atoms with Crippen LogP contribution in [0.3, 0.4) is 0 Å². The zero-order valence-electron chi connectivity index (χ0n) is 12.7. The molecule has 2 aromatic rings. The Balaban J connectivity index is 1.92. The lowest BCUT2D eigenvalue weighted by atomic mass is 10.1. The number of carbonyl (C=O) groups is 2. The van der Waals surface area contributed by atoms with Gasteiger partial charge in [-0.2, -0.15) is 11.3 Å². The van der Waals surface area contributed by atoms with Gasteiger partial charge in [0.15, 0.2) is 6.61 Å². The highest BCUT2D eigenvalue weighted by Crippen LogP contribution is 2.27. The minimum absolute atomic E-state index is 0.0948. The number of anilines is 1. The number of amides is 1. The lowest BCUT2D eigenvalue weighted by molar-refractivity contribution is -0.384. The van der Waals surface area contributed by atoms with E-state index >= 15 is 0 Å². The van der Waals surface area contributed by atoms with Crippen molar-refractivity contribution in [2.24, 2.45) is 0 Å². The molecule has 1 heterocycles. The molecule has 124 valence electrons. The molecule has 0 unspecified atom stereocenters. The highest BCUT2D eigenvalue weighted by atomic mass is 32.1. The number of esters is 1. The summed E-state index contributed by atoms with van der Waals surface area (Å²) in [7, 11) is 0. The zero-order chi connectivity index (χ0) is 17.5. The Hall–Kier alpha value is -3.00. The van der Waals surface area contributed by atoms with E-state index < -0.39 is 23.4 Å². The SMILES string of the molecule is Cc1cccc([N+](=O)[O-])c1NC(=O)COC(=O)/C=C/c1ccsc1. The van der Waals surface area contributed by atoms with Gasteiger partial charge in [0.05, 0.1) is 4.92 Å². The third-order valence-corrected chi connectivity index (χ3v) is 3.71. The molecule has 0 atom stereocenters. The van der Waals surface area contributed by atoms with Gasteiger partial charge in [-0.05, 0) is 41.0 Å². The topological polar surface area (TPSA) is 98.5 Å². The molecule has 1 amide bonds. The van der Waals surface area contributed by atoms with E-state index in [4.69, 9.17) is 4.74 Å². The normalized spacial score (nSPS) is 10.5. The maximum absolute atomic E-state index is 11.8. The van der Waals surface area contributed by atoms with Crippen LogP contribution in [0.4, 0.5) is 11.4 Å². The van der Waals surface area contributed by atoms with Crippen LogP contribution in [-0.4, -0.2) is 23.4 Å². The first kappa shape index (κ1) is 17.4. The van der Waals surface area contributed by atoms with Crippen LogP contribution in [0.15, 0.2) is 41.1 Å². The van der Waals surface area contributed by atoms with Crippen LogP contribution in [0, 0.1) is 17.0 Å². The summed E-state index contributed by atoms with van der Waals surface area (Å²) in [5, 5.41) is 17.1. The highest BCUT2D eigenvalue weighted by Gasteiger charge is 2.18. The first-order chi connectivity index (χ1) is 11.5. The maximum atomic E-state index is 11.8. The zero-order valence-corrected chi connectivity index (χ0v) is 13.5. The molecule has 1 aromatic heterocycles. The largest absolute Gasteiger partial charge is 0.452 e. The summed E-state index contributed by atoms with van der Waals surface area (Å²) in [5.74, 6) is -1.32. The van der Waals surface area contributed by atoms with Crippen molar-refractivity contribution < 1.29 is 19.2 Å². The number of carbonyl (C=O) groups excluding carboxylic acids is 2. The third kappa shape index (κ3) is 4.75. The second kappa shape index (κ2) is 8.02. The number of nitrogens with zero attached hydrogens (tertiary/aromatic N) is 1. The van der Waals surface area contributed by atoms with E-state index in [2.05, 4.69) is 5.32 Å². The highest BCUT2D eigenvalue weighted by molar-refractivity contribution is 7.08. The number of rotatable bonds is 6. The molecular weight excluding hydrogens is 332 g/mol. The molecule has 0 saturated carbocycles.